The van der Waals surface area contributed by atoms with Crippen LogP contribution in [0.3, 0.4) is 0 Å². The fourth-order valence-electron chi connectivity index (χ4n) is 3.09. The number of halogens is 2. The number of non-ortho nitro benzene ring substituents is 1. The van der Waals surface area contributed by atoms with Gasteiger partial charge in [-0.2, -0.15) is 5.10 Å². The van der Waals surface area contributed by atoms with Gasteiger partial charge in [0.2, 0.25) is 0 Å². The van der Waals surface area contributed by atoms with Crippen molar-refractivity contribution in [3.8, 4) is 5.69 Å². The maximum atomic E-state index is 13.5. The highest BCUT2D eigenvalue weighted by atomic mass is 32.2. The quantitative estimate of drug-likeness (QED) is 0.497. The molecule has 0 saturated heterocycles. The van der Waals surface area contributed by atoms with E-state index in [2.05, 4.69) is 10.4 Å². The summed E-state index contributed by atoms with van der Waals surface area (Å²) < 4.78 is 51.8. The molecule has 154 valence electrons. The first-order valence-corrected chi connectivity index (χ1v) is 10.3. The third-order valence-corrected chi connectivity index (χ3v) is 5.95. The van der Waals surface area contributed by atoms with Crippen molar-refractivity contribution in [2.45, 2.75) is 11.5 Å². The van der Waals surface area contributed by atoms with E-state index in [0.29, 0.717) is 11.8 Å². The zero-order chi connectivity index (χ0) is 21.6. The number of hydrogen-bond acceptors (Lipinski definition) is 6. The summed E-state index contributed by atoms with van der Waals surface area (Å²) in [5, 5.41) is 17.6. The molecule has 1 amide bonds. The van der Waals surface area contributed by atoms with E-state index >= 15 is 0 Å². The molecule has 2 heterocycles. The van der Waals surface area contributed by atoms with Gasteiger partial charge in [-0.15, -0.1) is 0 Å². The lowest BCUT2D eigenvalue weighted by Crippen LogP contribution is -2.17. The number of aromatic nitrogens is 2. The monoisotopic (exact) mass is 434 g/mol. The van der Waals surface area contributed by atoms with E-state index in [4.69, 9.17) is 0 Å². The topological polar surface area (TPSA) is 124 Å². The molecule has 0 spiro atoms. The number of fused-ring (bicyclic) bond motifs is 1. The van der Waals surface area contributed by atoms with Crippen molar-refractivity contribution in [3.63, 3.8) is 0 Å². The Balaban J connectivity index is 1.76. The van der Waals surface area contributed by atoms with Crippen LogP contribution in [0, 0.1) is 21.7 Å². The molecule has 0 atom stereocenters. The van der Waals surface area contributed by atoms with Crippen LogP contribution in [0.15, 0.2) is 42.5 Å². The van der Waals surface area contributed by atoms with Gasteiger partial charge in [-0.25, -0.2) is 21.9 Å². The third kappa shape index (κ3) is 3.52. The molecule has 0 saturated carbocycles. The standard InChI is InChI=1S/C18H12F2N4O5S/c19-14-6-1-10(7-15(14)20)18(25)21-17-13-8-30(28,29)9-16(13)22-23(17)11-2-4-12(5-3-11)24(26)27/h1-7H,8-9H2,(H,21,25). The van der Waals surface area contributed by atoms with Crippen molar-refractivity contribution >= 4 is 27.2 Å². The van der Waals surface area contributed by atoms with Crippen molar-refractivity contribution in [1.82, 2.24) is 9.78 Å². The number of nitrogens with zero attached hydrogens (tertiary/aromatic N) is 3. The summed E-state index contributed by atoms with van der Waals surface area (Å²) in [5.74, 6) is -3.77. The van der Waals surface area contributed by atoms with E-state index in [1.165, 1.54) is 28.9 Å². The van der Waals surface area contributed by atoms with Crippen molar-refractivity contribution in [3.05, 3.63) is 81.0 Å². The second-order valence-electron chi connectivity index (χ2n) is 6.57. The molecule has 3 aromatic rings. The summed E-state index contributed by atoms with van der Waals surface area (Å²) in [7, 11) is -3.44. The normalized spacial score (nSPS) is 14.3. The van der Waals surface area contributed by atoms with Crippen LogP contribution in [-0.2, 0) is 21.3 Å². The number of carbonyl (C=O) groups is 1. The average Bonchev–Trinajstić information content (AvgIpc) is 3.16. The van der Waals surface area contributed by atoms with Gasteiger partial charge in [-0.05, 0) is 30.3 Å². The number of rotatable bonds is 4. The number of sulfone groups is 1. The molecule has 1 aliphatic rings. The Bertz CT molecular complexity index is 1300. The third-order valence-electron chi connectivity index (χ3n) is 4.51. The smallest absolute Gasteiger partial charge is 0.269 e. The summed E-state index contributed by atoms with van der Waals surface area (Å²) in [6.45, 7) is 0. The zero-order valence-electron chi connectivity index (χ0n) is 15.0. The maximum absolute atomic E-state index is 13.5. The zero-order valence-corrected chi connectivity index (χ0v) is 15.8. The largest absolute Gasteiger partial charge is 0.306 e. The van der Waals surface area contributed by atoms with Crippen LogP contribution in [-0.4, -0.2) is 29.0 Å². The highest BCUT2D eigenvalue weighted by Gasteiger charge is 2.33. The van der Waals surface area contributed by atoms with E-state index in [0.717, 1.165) is 12.1 Å². The van der Waals surface area contributed by atoms with E-state index in [1.54, 1.807) is 0 Å². The lowest BCUT2D eigenvalue weighted by molar-refractivity contribution is -0.384. The van der Waals surface area contributed by atoms with Gasteiger partial charge in [0.1, 0.15) is 5.82 Å². The van der Waals surface area contributed by atoms with Gasteiger partial charge < -0.3 is 5.32 Å². The Labute approximate surface area is 168 Å². The number of anilines is 1. The summed E-state index contributed by atoms with van der Waals surface area (Å²) in [6, 6.07) is 7.85. The number of nitro benzene ring substituents is 1. The molecule has 0 aliphatic carbocycles. The van der Waals surface area contributed by atoms with Gasteiger partial charge in [0, 0.05) is 23.3 Å². The number of benzene rings is 2. The minimum Gasteiger partial charge on any atom is -0.306 e. The maximum Gasteiger partial charge on any atom is 0.269 e. The predicted octanol–water partition coefficient (Wildman–Crippen LogP) is 2.74. The Kier molecular flexibility index (Phi) is 4.57. The van der Waals surface area contributed by atoms with Gasteiger partial charge in [-0.3, -0.25) is 14.9 Å². The van der Waals surface area contributed by atoms with E-state index in [1.807, 2.05) is 0 Å². The van der Waals surface area contributed by atoms with Crippen LogP contribution in [0.1, 0.15) is 21.6 Å². The lowest BCUT2D eigenvalue weighted by atomic mass is 10.2. The summed E-state index contributed by atoms with van der Waals surface area (Å²) in [4.78, 5) is 22.9. The Hall–Kier alpha value is -3.67. The van der Waals surface area contributed by atoms with Crippen LogP contribution < -0.4 is 5.32 Å². The minimum absolute atomic E-state index is 0.0367. The number of nitrogens with one attached hydrogen (secondary N) is 1. The molecular formula is C18H12F2N4O5S. The van der Waals surface area contributed by atoms with Crippen molar-refractivity contribution in [2.24, 2.45) is 0 Å². The van der Waals surface area contributed by atoms with Gasteiger partial charge in [0.25, 0.3) is 11.6 Å². The summed E-state index contributed by atoms with van der Waals surface area (Å²) in [6.07, 6.45) is 0. The fraction of sp³-hybridized carbons (Fsp3) is 0.111. The Morgan fingerprint density at radius 2 is 1.80 bits per heavy atom. The summed E-state index contributed by atoms with van der Waals surface area (Å²) in [5.41, 5.74) is 0.500. The predicted molar refractivity (Wildman–Crippen MR) is 101 cm³/mol. The molecule has 1 N–H and O–H groups in total. The molecule has 30 heavy (non-hydrogen) atoms. The molecule has 0 unspecified atom stereocenters. The van der Waals surface area contributed by atoms with Crippen molar-refractivity contribution < 1.29 is 26.9 Å². The number of amides is 1. The lowest BCUT2D eigenvalue weighted by Gasteiger charge is -2.11. The van der Waals surface area contributed by atoms with Crippen LogP contribution in [0.2, 0.25) is 0 Å². The molecule has 4 rings (SSSR count). The van der Waals surface area contributed by atoms with Crippen LogP contribution >= 0.6 is 0 Å². The van der Waals surface area contributed by atoms with Gasteiger partial charge in [-0.1, -0.05) is 0 Å². The van der Waals surface area contributed by atoms with E-state index < -0.39 is 32.3 Å². The first kappa shape index (κ1) is 19.6. The van der Waals surface area contributed by atoms with E-state index in [-0.39, 0.29) is 39.8 Å². The first-order chi connectivity index (χ1) is 14.1. The van der Waals surface area contributed by atoms with Crippen LogP contribution in [0.25, 0.3) is 5.69 Å². The highest BCUT2D eigenvalue weighted by molar-refractivity contribution is 7.90. The average molecular weight is 434 g/mol. The SMILES string of the molecule is O=C(Nc1c2c(nn1-c1ccc([N+](=O)[O-])cc1)CS(=O)(=O)C2)c1ccc(F)c(F)c1. The highest BCUT2D eigenvalue weighted by Crippen LogP contribution is 2.33. The summed E-state index contributed by atoms with van der Waals surface area (Å²) >= 11 is 0. The molecule has 9 nitrogen and oxygen atoms in total. The number of nitro groups is 1. The second kappa shape index (κ2) is 6.99. The molecule has 0 radical (unpaired) electrons. The van der Waals surface area contributed by atoms with E-state index in [9.17, 15) is 32.1 Å². The molecule has 0 fully saturated rings. The van der Waals surface area contributed by atoms with Crippen LogP contribution in [0.5, 0.6) is 0 Å². The van der Waals surface area contributed by atoms with Crippen molar-refractivity contribution in [1.29, 1.82) is 0 Å². The molecular weight excluding hydrogens is 422 g/mol. The van der Waals surface area contributed by atoms with Crippen molar-refractivity contribution in [2.75, 3.05) is 5.32 Å². The minimum atomic E-state index is -3.44. The molecule has 0 bridgehead atoms. The second-order valence-corrected chi connectivity index (χ2v) is 8.64. The Morgan fingerprint density at radius 3 is 2.43 bits per heavy atom. The Morgan fingerprint density at radius 1 is 1.10 bits per heavy atom. The van der Waals surface area contributed by atoms with Gasteiger partial charge in [0.05, 0.1) is 27.8 Å². The molecule has 1 aliphatic heterocycles. The van der Waals surface area contributed by atoms with Gasteiger partial charge >= 0.3 is 0 Å². The first-order valence-electron chi connectivity index (χ1n) is 8.47. The number of hydrogen-bond donors (Lipinski definition) is 1. The molecule has 12 heteroatoms. The fourth-order valence-corrected chi connectivity index (χ4v) is 4.58. The van der Waals surface area contributed by atoms with Gasteiger partial charge in [0.15, 0.2) is 21.5 Å². The molecule has 2 aromatic carbocycles. The number of carbonyl (C=O) groups excluding carboxylic acids is 1. The van der Waals surface area contributed by atoms with Crippen LogP contribution in [0.4, 0.5) is 20.3 Å². The molecule has 1 aromatic heterocycles.